The van der Waals surface area contributed by atoms with Crippen LogP contribution in [0.3, 0.4) is 0 Å². The topological polar surface area (TPSA) is 55.8 Å². The molecule has 1 aromatic rings. The Kier molecular flexibility index (Phi) is 5.29. The smallest absolute Gasteiger partial charge is 0.243 e. The Morgan fingerprint density at radius 2 is 1.95 bits per heavy atom. The first-order chi connectivity index (χ1) is 9.59. The summed E-state index contributed by atoms with van der Waals surface area (Å²) in [5.74, 6) is 1.09. The van der Waals surface area contributed by atoms with Crippen molar-refractivity contribution >= 4 is 26.0 Å². The number of hydrogen-bond acceptors (Lipinski definition) is 4. The van der Waals surface area contributed by atoms with Crippen LogP contribution in [-0.4, -0.2) is 44.4 Å². The predicted molar refractivity (Wildman–Crippen MR) is 80.3 cm³/mol. The molecule has 0 radical (unpaired) electrons. The molecule has 0 N–H and O–H groups in total. The van der Waals surface area contributed by atoms with Gasteiger partial charge in [0.15, 0.2) is 11.5 Å². The van der Waals surface area contributed by atoms with Crippen LogP contribution in [-0.2, 0) is 10.0 Å². The van der Waals surface area contributed by atoms with Gasteiger partial charge in [-0.05, 0) is 18.6 Å². The fraction of sp³-hybridized carbons (Fsp3) is 0.538. The van der Waals surface area contributed by atoms with Gasteiger partial charge in [-0.1, -0.05) is 22.9 Å². The minimum absolute atomic E-state index is 0.248. The minimum atomic E-state index is -3.48. The summed E-state index contributed by atoms with van der Waals surface area (Å²) < 4.78 is 37.5. The zero-order valence-electron chi connectivity index (χ0n) is 11.3. The number of halogens is 1. The van der Waals surface area contributed by atoms with Gasteiger partial charge in [-0.15, -0.1) is 0 Å². The number of ether oxygens (including phenoxy) is 2. The highest BCUT2D eigenvalue weighted by atomic mass is 79.9. The van der Waals surface area contributed by atoms with Crippen LogP contribution < -0.4 is 9.47 Å². The summed E-state index contributed by atoms with van der Waals surface area (Å²) >= 11 is 3.32. The summed E-state index contributed by atoms with van der Waals surface area (Å²) in [5.41, 5.74) is 0. The molecule has 0 amide bonds. The fourth-order valence-corrected chi connectivity index (χ4v) is 3.77. The second-order valence-electron chi connectivity index (χ2n) is 4.34. The molecule has 1 heterocycles. The third-order valence-electron chi connectivity index (χ3n) is 3.05. The third-order valence-corrected chi connectivity index (χ3v) is 5.58. The molecule has 1 aliphatic heterocycles. The Labute approximate surface area is 128 Å². The van der Waals surface area contributed by atoms with E-state index in [0.29, 0.717) is 37.8 Å². The molecular formula is C13H18BrNO4S. The van der Waals surface area contributed by atoms with Crippen molar-refractivity contribution in [1.29, 1.82) is 0 Å². The van der Waals surface area contributed by atoms with Gasteiger partial charge in [0.1, 0.15) is 13.2 Å². The van der Waals surface area contributed by atoms with Gasteiger partial charge < -0.3 is 9.47 Å². The number of fused-ring (bicyclic) bond motifs is 1. The Balaban J connectivity index is 2.28. The average molecular weight is 364 g/mol. The van der Waals surface area contributed by atoms with Crippen molar-refractivity contribution in [1.82, 2.24) is 4.31 Å². The van der Waals surface area contributed by atoms with Crippen LogP contribution in [0.15, 0.2) is 23.1 Å². The summed E-state index contributed by atoms with van der Waals surface area (Å²) in [5, 5.41) is 0.778. The summed E-state index contributed by atoms with van der Waals surface area (Å²) in [6.45, 7) is 3.72. The predicted octanol–water partition coefficient (Wildman–Crippen LogP) is 2.25. The molecule has 1 aromatic carbocycles. The number of sulfonamides is 1. The molecule has 1 aliphatic rings. The molecule has 0 bridgehead atoms. The Morgan fingerprint density at radius 3 is 2.60 bits per heavy atom. The first-order valence-corrected chi connectivity index (χ1v) is 9.11. The van der Waals surface area contributed by atoms with Crippen molar-refractivity contribution in [2.45, 2.75) is 18.2 Å². The van der Waals surface area contributed by atoms with E-state index in [1.807, 2.05) is 6.92 Å². The van der Waals surface area contributed by atoms with E-state index in [1.54, 1.807) is 18.2 Å². The molecule has 7 heteroatoms. The van der Waals surface area contributed by atoms with E-state index in [0.717, 1.165) is 11.8 Å². The number of alkyl halides is 1. The first-order valence-electron chi connectivity index (χ1n) is 6.55. The van der Waals surface area contributed by atoms with E-state index in [2.05, 4.69) is 15.9 Å². The van der Waals surface area contributed by atoms with E-state index < -0.39 is 10.0 Å². The van der Waals surface area contributed by atoms with Crippen LogP contribution in [0, 0.1) is 0 Å². The highest BCUT2D eigenvalue weighted by Crippen LogP contribution is 2.33. The molecule has 0 aromatic heterocycles. The highest BCUT2D eigenvalue weighted by molar-refractivity contribution is 9.09. The van der Waals surface area contributed by atoms with E-state index in [-0.39, 0.29) is 4.90 Å². The largest absolute Gasteiger partial charge is 0.486 e. The van der Waals surface area contributed by atoms with E-state index in [4.69, 9.17) is 9.47 Å². The minimum Gasteiger partial charge on any atom is -0.486 e. The Hall–Kier alpha value is -0.790. The average Bonchev–Trinajstić information content (AvgIpc) is 2.47. The van der Waals surface area contributed by atoms with Gasteiger partial charge in [0.25, 0.3) is 0 Å². The van der Waals surface area contributed by atoms with Crippen molar-refractivity contribution in [3.63, 3.8) is 0 Å². The standard InChI is InChI=1S/C13H18BrNO4S/c1-2-15(7-3-6-14)20(16,17)11-4-5-12-13(10-11)19-9-8-18-12/h4-5,10H,2-3,6-9H2,1H3. The first kappa shape index (κ1) is 15.6. The van der Waals surface area contributed by atoms with Crippen LogP contribution >= 0.6 is 15.9 Å². The van der Waals surface area contributed by atoms with Crippen LogP contribution in [0.2, 0.25) is 0 Å². The maximum atomic E-state index is 12.6. The molecular weight excluding hydrogens is 346 g/mol. The van der Waals surface area contributed by atoms with E-state index in [9.17, 15) is 8.42 Å². The summed E-state index contributed by atoms with van der Waals surface area (Å²) in [6, 6.07) is 4.76. The van der Waals surface area contributed by atoms with Gasteiger partial charge in [0.2, 0.25) is 10.0 Å². The van der Waals surface area contributed by atoms with E-state index >= 15 is 0 Å². The number of hydrogen-bond donors (Lipinski definition) is 0. The Morgan fingerprint density at radius 1 is 1.25 bits per heavy atom. The van der Waals surface area contributed by atoms with Gasteiger partial charge in [0.05, 0.1) is 4.90 Å². The SMILES string of the molecule is CCN(CCCBr)S(=O)(=O)c1ccc2c(c1)OCCO2. The molecule has 0 fully saturated rings. The van der Waals surface area contributed by atoms with E-state index in [1.165, 1.54) is 4.31 Å². The lowest BCUT2D eigenvalue weighted by Gasteiger charge is -2.22. The zero-order valence-corrected chi connectivity index (χ0v) is 13.7. The second kappa shape index (κ2) is 6.78. The fourth-order valence-electron chi connectivity index (χ4n) is 2.02. The Bertz CT molecular complexity index is 561. The lowest BCUT2D eigenvalue weighted by atomic mass is 10.3. The van der Waals surface area contributed by atoms with Gasteiger partial charge in [-0.2, -0.15) is 4.31 Å². The molecule has 0 aliphatic carbocycles. The lowest BCUT2D eigenvalue weighted by Crippen LogP contribution is -2.32. The number of nitrogens with zero attached hydrogens (tertiary/aromatic N) is 1. The van der Waals surface area contributed by atoms with Gasteiger partial charge in [-0.3, -0.25) is 0 Å². The second-order valence-corrected chi connectivity index (χ2v) is 7.08. The third kappa shape index (κ3) is 3.27. The van der Waals surface area contributed by atoms with Gasteiger partial charge >= 0.3 is 0 Å². The molecule has 0 spiro atoms. The number of rotatable bonds is 6. The zero-order chi connectivity index (χ0) is 14.6. The molecule has 20 heavy (non-hydrogen) atoms. The molecule has 0 unspecified atom stereocenters. The van der Waals surface area contributed by atoms with Crippen molar-refractivity contribution in [2.24, 2.45) is 0 Å². The molecule has 5 nitrogen and oxygen atoms in total. The molecule has 2 rings (SSSR count). The molecule has 112 valence electrons. The maximum Gasteiger partial charge on any atom is 0.243 e. The van der Waals surface area contributed by atoms with Gasteiger partial charge in [0, 0.05) is 24.5 Å². The number of benzene rings is 1. The molecule has 0 atom stereocenters. The monoisotopic (exact) mass is 363 g/mol. The van der Waals surface area contributed by atoms with Crippen LogP contribution in [0.4, 0.5) is 0 Å². The van der Waals surface area contributed by atoms with Crippen molar-refractivity contribution in [3.05, 3.63) is 18.2 Å². The van der Waals surface area contributed by atoms with Crippen LogP contribution in [0.25, 0.3) is 0 Å². The highest BCUT2D eigenvalue weighted by Gasteiger charge is 2.24. The van der Waals surface area contributed by atoms with Gasteiger partial charge in [-0.25, -0.2) is 8.42 Å². The summed E-state index contributed by atoms with van der Waals surface area (Å²) in [7, 11) is -3.48. The molecule has 0 saturated carbocycles. The normalized spacial score (nSPS) is 14.6. The quantitative estimate of drug-likeness (QED) is 0.727. The van der Waals surface area contributed by atoms with Crippen molar-refractivity contribution < 1.29 is 17.9 Å². The maximum absolute atomic E-state index is 12.6. The molecule has 0 saturated heterocycles. The summed E-state index contributed by atoms with van der Waals surface area (Å²) in [4.78, 5) is 0.248. The van der Waals surface area contributed by atoms with Crippen molar-refractivity contribution in [3.8, 4) is 11.5 Å². The summed E-state index contributed by atoms with van der Waals surface area (Å²) in [6.07, 6.45) is 0.775. The van der Waals surface area contributed by atoms with Crippen LogP contribution in [0.1, 0.15) is 13.3 Å². The van der Waals surface area contributed by atoms with Crippen molar-refractivity contribution in [2.75, 3.05) is 31.6 Å². The van der Waals surface area contributed by atoms with Crippen LogP contribution in [0.5, 0.6) is 11.5 Å². The lowest BCUT2D eigenvalue weighted by molar-refractivity contribution is 0.171.